The molecule has 0 saturated heterocycles. The van der Waals surface area contributed by atoms with Gasteiger partial charge >= 0.3 is 5.97 Å². The Bertz CT molecular complexity index is 1550. The van der Waals surface area contributed by atoms with E-state index < -0.39 is 29.6 Å². The largest absolute Gasteiger partial charge is 0.481 e. The van der Waals surface area contributed by atoms with Gasteiger partial charge in [0.1, 0.15) is 23.7 Å². The summed E-state index contributed by atoms with van der Waals surface area (Å²) in [7, 11) is 0. The quantitative estimate of drug-likeness (QED) is 0.357. The van der Waals surface area contributed by atoms with Crippen molar-refractivity contribution < 1.29 is 18.7 Å². The monoisotopic (exact) mass is 504 g/mol. The molecule has 4 aromatic heterocycles. The lowest BCUT2D eigenvalue weighted by Gasteiger charge is -2.47. The number of aromatic nitrogens is 6. The molecule has 0 radical (unpaired) electrons. The summed E-state index contributed by atoms with van der Waals surface area (Å²) in [6.07, 6.45) is 8.97. The third-order valence-electron chi connectivity index (χ3n) is 7.54. The van der Waals surface area contributed by atoms with Crippen LogP contribution >= 0.6 is 0 Å². The summed E-state index contributed by atoms with van der Waals surface area (Å²) >= 11 is 0. The minimum atomic E-state index is -0.905. The predicted molar refractivity (Wildman–Crippen MR) is 128 cm³/mol. The number of aromatic amines is 1. The van der Waals surface area contributed by atoms with E-state index in [2.05, 4.69) is 30.4 Å². The molecule has 2 unspecified atom stereocenters. The summed E-state index contributed by atoms with van der Waals surface area (Å²) < 4.78 is 31.3. The van der Waals surface area contributed by atoms with Crippen LogP contribution in [0, 0.1) is 40.7 Å². The highest BCUT2D eigenvalue weighted by molar-refractivity contribution is 5.92. The van der Waals surface area contributed by atoms with Gasteiger partial charge < -0.3 is 15.4 Å². The first-order valence-electron chi connectivity index (χ1n) is 12.0. The number of hydrogen-bond acceptors (Lipinski definition) is 7. The number of pyridine rings is 1. The van der Waals surface area contributed by atoms with Crippen molar-refractivity contribution in [2.24, 2.45) is 17.8 Å². The van der Waals surface area contributed by atoms with Crippen molar-refractivity contribution in [3.05, 3.63) is 42.5 Å². The number of nitrogens with zero attached hydrogens (tertiary/aromatic N) is 6. The maximum Gasteiger partial charge on any atom is 0.308 e. The number of H-pyrrole nitrogens is 1. The molecule has 3 aliphatic rings. The van der Waals surface area contributed by atoms with E-state index in [4.69, 9.17) is 5.26 Å². The average Bonchev–Trinajstić information content (AvgIpc) is 3.53. The van der Waals surface area contributed by atoms with Crippen LogP contribution in [-0.2, 0) is 11.3 Å². The first-order valence-corrected chi connectivity index (χ1v) is 12.0. The molecule has 10 nitrogen and oxygen atoms in total. The van der Waals surface area contributed by atoms with Gasteiger partial charge in [0.2, 0.25) is 0 Å². The molecule has 0 amide bonds. The third-order valence-corrected chi connectivity index (χ3v) is 7.54. The van der Waals surface area contributed by atoms with E-state index in [9.17, 15) is 14.3 Å². The Morgan fingerprint density at radius 2 is 2.00 bits per heavy atom. The molecule has 3 N–H and O–H groups in total. The summed E-state index contributed by atoms with van der Waals surface area (Å²) in [6.45, 7) is -0.0243. The Morgan fingerprint density at radius 1 is 1.22 bits per heavy atom. The molecular weight excluding hydrogens is 482 g/mol. The van der Waals surface area contributed by atoms with Gasteiger partial charge in [0.25, 0.3) is 0 Å². The normalized spacial score (nSPS) is 22.7. The fourth-order valence-corrected chi connectivity index (χ4v) is 5.83. The zero-order chi connectivity index (χ0) is 25.7. The molecule has 0 aliphatic heterocycles. The molecule has 2 atom stereocenters. The first-order chi connectivity index (χ1) is 17.9. The number of nitrogens with one attached hydrogen (secondary N) is 2. The Morgan fingerprint density at radius 3 is 2.76 bits per heavy atom. The van der Waals surface area contributed by atoms with E-state index in [1.807, 2.05) is 6.07 Å². The molecule has 0 spiro atoms. The molecule has 3 fully saturated rings. The summed E-state index contributed by atoms with van der Waals surface area (Å²) in [5.41, 5.74) is 1.08. The second-order valence-electron chi connectivity index (χ2n) is 9.60. The summed E-state index contributed by atoms with van der Waals surface area (Å²) in [4.78, 5) is 28.1. The summed E-state index contributed by atoms with van der Waals surface area (Å²) in [6, 6.07) is 2.78. The zero-order valence-electron chi connectivity index (χ0n) is 19.5. The van der Waals surface area contributed by atoms with Gasteiger partial charge in [-0.25, -0.2) is 23.7 Å². The van der Waals surface area contributed by atoms with Crippen molar-refractivity contribution >= 4 is 22.8 Å². The Kier molecular flexibility index (Phi) is 5.55. The number of rotatable bonds is 6. The number of anilines is 1. The fourth-order valence-electron chi connectivity index (χ4n) is 5.83. The predicted octanol–water partition coefficient (Wildman–Crippen LogP) is 3.99. The molecule has 3 aliphatic carbocycles. The molecule has 12 heteroatoms. The minimum absolute atomic E-state index is 0.0238. The van der Waals surface area contributed by atoms with Crippen LogP contribution in [0.15, 0.2) is 30.9 Å². The standard InChI is InChI=1S/C25H22F2N8O2/c26-15-7-16-17(10-30-22(16)29-9-15)23-33-21(14-8-31-35(11-14)6-5-28)19(27)24(34-23)32-20-13-3-1-12(2-4-13)18(20)25(36)37/h7-13,18,20H,1-4,6H2,(H,29,30)(H,36,37)(H,32,33,34). The average molecular weight is 505 g/mol. The van der Waals surface area contributed by atoms with Crippen LogP contribution in [-0.4, -0.2) is 46.8 Å². The van der Waals surface area contributed by atoms with E-state index in [0.29, 0.717) is 22.2 Å². The van der Waals surface area contributed by atoms with Crippen molar-refractivity contribution in [1.82, 2.24) is 29.7 Å². The zero-order valence-corrected chi connectivity index (χ0v) is 19.5. The fraction of sp³-hybridized carbons (Fsp3) is 0.360. The van der Waals surface area contributed by atoms with E-state index in [1.54, 1.807) is 6.20 Å². The van der Waals surface area contributed by atoms with E-state index in [1.165, 1.54) is 23.1 Å². The van der Waals surface area contributed by atoms with Gasteiger partial charge in [-0.1, -0.05) is 0 Å². The smallest absolute Gasteiger partial charge is 0.308 e. The van der Waals surface area contributed by atoms with Crippen LogP contribution in [0.3, 0.4) is 0 Å². The molecule has 7 rings (SSSR count). The topological polar surface area (TPSA) is 145 Å². The second kappa shape index (κ2) is 8.92. The van der Waals surface area contributed by atoms with Crippen LogP contribution < -0.4 is 5.32 Å². The molecule has 0 aromatic carbocycles. The van der Waals surface area contributed by atoms with Crippen molar-refractivity contribution in [3.63, 3.8) is 0 Å². The number of halogens is 2. The minimum Gasteiger partial charge on any atom is -0.481 e. The Hall–Kier alpha value is -4.40. The molecule has 188 valence electrons. The molecule has 4 aromatic rings. The highest BCUT2D eigenvalue weighted by Crippen LogP contribution is 2.46. The molecule has 4 heterocycles. The van der Waals surface area contributed by atoms with Crippen molar-refractivity contribution in [3.8, 4) is 28.7 Å². The number of aliphatic carboxylic acids is 1. The number of fused-ring (bicyclic) bond motifs is 4. The van der Waals surface area contributed by atoms with Crippen molar-refractivity contribution in [2.75, 3.05) is 5.32 Å². The van der Waals surface area contributed by atoms with Crippen LogP contribution in [0.5, 0.6) is 0 Å². The highest BCUT2D eigenvalue weighted by atomic mass is 19.1. The maximum atomic E-state index is 16.0. The van der Waals surface area contributed by atoms with E-state index >= 15 is 4.39 Å². The van der Waals surface area contributed by atoms with Gasteiger partial charge in [-0.2, -0.15) is 10.4 Å². The van der Waals surface area contributed by atoms with Crippen LogP contribution in [0.1, 0.15) is 25.7 Å². The molecule has 2 bridgehead atoms. The molecular formula is C25H22F2N8O2. The summed E-state index contributed by atoms with van der Waals surface area (Å²) in [5, 5.41) is 26.6. The maximum absolute atomic E-state index is 16.0. The lowest BCUT2D eigenvalue weighted by Crippen LogP contribution is -2.51. The Labute approximate surface area is 209 Å². The molecule has 3 saturated carbocycles. The van der Waals surface area contributed by atoms with Crippen molar-refractivity contribution in [2.45, 2.75) is 38.3 Å². The number of carboxylic acid groups (broad SMARTS) is 1. The van der Waals surface area contributed by atoms with Gasteiger partial charge in [0.05, 0.1) is 24.4 Å². The van der Waals surface area contributed by atoms with Crippen LogP contribution in [0.25, 0.3) is 33.7 Å². The van der Waals surface area contributed by atoms with Gasteiger partial charge in [-0.15, -0.1) is 0 Å². The Balaban J connectivity index is 1.49. The number of hydrogen-bond donors (Lipinski definition) is 3. The van der Waals surface area contributed by atoms with Crippen molar-refractivity contribution in [1.29, 1.82) is 5.26 Å². The van der Waals surface area contributed by atoms with Gasteiger partial charge in [-0.05, 0) is 43.6 Å². The summed E-state index contributed by atoms with van der Waals surface area (Å²) in [5.74, 6) is -2.78. The first kappa shape index (κ1) is 23.0. The van der Waals surface area contributed by atoms with E-state index in [0.717, 1.165) is 31.9 Å². The van der Waals surface area contributed by atoms with Crippen LogP contribution in [0.2, 0.25) is 0 Å². The van der Waals surface area contributed by atoms with Crippen LogP contribution in [0.4, 0.5) is 14.6 Å². The second-order valence-corrected chi connectivity index (χ2v) is 9.60. The number of carbonyl (C=O) groups is 1. The van der Waals surface area contributed by atoms with Gasteiger partial charge in [-0.3, -0.25) is 9.48 Å². The SMILES string of the molecule is N#CCn1cc(-c2nc(-c3c[nH]c4ncc(F)cc34)nc(NC3C4CCC(CC4)C3C(=O)O)c2F)cn1. The number of carboxylic acids is 1. The number of nitriles is 1. The highest BCUT2D eigenvalue weighted by Gasteiger charge is 2.47. The lowest BCUT2D eigenvalue weighted by atomic mass is 9.61. The van der Waals surface area contributed by atoms with Gasteiger partial charge in [0.15, 0.2) is 17.5 Å². The molecule has 37 heavy (non-hydrogen) atoms. The van der Waals surface area contributed by atoms with E-state index in [-0.39, 0.29) is 35.7 Å². The van der Waals surface area contributed by atoms with Gasteiger partial charge in [0, 0.05) is 34.9 Å². The lowest BCUT2D eigenvalue weighted by molar-refractivity contribution is -0.148. The third kappa shape index (κ3) is 3.96.